The van der Waals surface area contributed by atoms with Gasteiger partial charge in [0.05, 0.1) is 5.60 Å². The zero-order valence-electron chi connectivity index (χ0n) is 19.2. The first kappa shape index (κ1) is 21.5. The molecule has 1 N–H and O–H groups in total. The van der Waals surface area contributed by atoms with E-state index in [4.69, 9.17) is 0 Å². The van der Waals surface area contributed by atoms with Crippen LogP contribution in [0.3, 0.4) is 0 Å². The Kier molecular flexibility index (Phi) is 5.10. The quantitative estimate of drug-likeness (QED) is 0.543. The molecule has 3 heteroatoms. The molecule has 0 bridgehead atoms. The molecule has 0 radical (unpaired) electrons. The maximum atomic E-state index is 13.1. The number of carbonyl (C=O) groups is 1. The summed E-state index contributed by atoms with van der Waals surface area (Å²) in [5.74, 6) is 2.84. The van der Waals surface area contributed by atoms with Crippen molar-refractivity contribution in [1.29, 1.82) is 0 Å². The second-order valence-corrected chi connectivity index (χ2v) is 12.3. The van der Waals surface area contributed by atoms with Gasteiger partial charge in [0, 0.05) is 22.6 Å². The SMILES string of the molecule is C=C1C[C@@H]2[C@H](CC[C@@]3(C)[C@H]2CC[C@]3(C)O)[C@@]2(C)CCC(=O)C(CSc3ccccc3)=C12. The molecular formula is C28H36O2S. The van der Waals surface area contributed by atoms with Crippen molar-refractivity contribution in [3.63, 3.8) is 0 Å². The van der Waals surface area contributed by atoms with E-state index in [1.165, 1.54) is 16.0 Å². The second kappa shape index (κ2) is 7.35. The van der Waals surface area contributed by atoms with Crippen molar-refractivity contribution in [3.8, 4) is 0 Å². The van der Waals surface area contributed by atoms with Gasteiger partial charge in [-0.3, -0.25) is 4.79 Å². The van der Waals surface area contributed by atoms with Crippen LogP contribution in [0.5, 0.6) is 0 Å². The highest BCUT2D eigenvalue weighted by Gasteiger charge is 2.63. The molecule has 0 amide bonds. The third-order valence-corrected chi connectivity index (χ3v) is 10.9. The maximum absolute atomic E-state index is 13.1. The highest BCUT2D eigenvalue weighted by atomic mass is 32.2. The van der Waals surface area contributed by atoms with Gasteiger partial charge in [0.15, 0.2) is 5.78 Å². The molecule has 0 saturated heterocycles. The van der Waals surface area contributed by atoms with Gasteiger partial charge in [0.25, 0.3) is 0 Å². The van der Waals surface area contributed by atoms with Crippen molar-refractivity contribution >= 4 is 17.5 Å². The number of carbonyl (C=O) groups excluding carboxylic acids is 1. The standard InChI is InChI=1S/C28H36O2S/c1-18-16-20-22(10-14-27(3)23(20)11-15-28(27,4)30)26(2)13-12-24(29)21(25(18)26)17-31-19-8-6-5-7-9-19/h5-9,20,22-23,30H,1,10-17H2,2-4H3/t20-,22+,23+,26-,27+,28+/m1/s1. The third-order valence-electron chi connectivity index (χ3n) is 9.86. The molecule has 0 aromatic heterocycles. The summed E-state index contributed by atoms with van der Waals surface area (Å²) in [5.41, 5.74) is 3.07. The Bertz CT molecular complexity index is 945. The van der Waals surface area contributed by atoms with E-state index in [2.05, 4.69) is 51.6 Å². The zero-order valence-corrected chi connectivity index (χ0v) is 20.1. The number of hydrogen-bond acceptors (Lipinski definition) is 3. The number of fused-ring (bicyclic) bond motifs is 5. The molecule has 5 rings (SSSR count). The highest BCUT2D eigenvalue weighted by molar-refractivity contribution is 7.99. The zero-order chi connectivity index (χ0) is 22.0. The molecule has 0 spiro atoms. The van der Waals surface area contributed by atoms with Crippen LogP contribution in [0.1, 0.15) is 65.7 Å². The van der Waals surface area contributed by atoms with Gasteiger partial charge in [-0.1, -0.05) is 44.2 Å². The molecule has 166 valence electrons. The smallest absolute Gasteiger partial charge is 0.160 e. The molecule has 2 nitrogen and oxygen atoms in total. The van der Waals surface area contributed by atoms with Crippen molar-refractivity contribution in [2.45, 2.75) is 76.2 Å². The van der Waals surface area contributed by atoms with Crippen LogP contribution in [-0.4, -0.2) is 22.2 Å². The summed E-state index contributed by atoms with van der Waals surface area (Å²) < 4.78 is 0. The molecule has 31 heavy (non-hydrogen) atoms. The lowest BCUT2D eigenvalue weighted by Crippen LogP contribution is -2.54. The predicted molar refractivity (Wildman–Crippen MR) is 128 cm³/mol. The summed E-state index contributed by atoms with van der Waals surface area (Å²) in [6.45, 7) is 11.4. The Morgan fingerprint density at radius 2 is 1.77 bits per heavy atom. The number of hydrogen-bond donors (Lipinski definition) is 1. The lowest BCUT2D eigenvalue weighted by Gasteiger charge is -2.59. The lowest BCUT2D eigenvalue weighted by atomic mass is 9.45. The minimum Gasteiger partial charge on any atom is -0.390 e. The minimum atomic E-state index is -0.555. The summed E-state index contributed by atoms with van der Waals surface area (Å²) in [7, 11) is 0. The van der Waals surface area contributed by atoms with E-state index in [-0.39, 0.29) is 10.8 Å². The Morgan fingerprint density at radius 1 is 1.06 bits per heavy atom. The lowest BCUT2D eigenvalue weighted by molar-refractivity contribution is -0.122. The molecule has 3 saturated carbocycles. The Hall–Kier alpha value is -1.32. The fourth-order valence-electron chi connectivity index (χ4n) is 7.94. The first-order valence-corrected chi connectivity index (χ1v) is 13.0. The van der Waals surface area contributed by atoms with E-state index in [9.17, 15) is 9.90 Å². The number of allylic oxidation sites excluding steroid dienone is 2. The van der Waals surface area contributed by atoms with E-state index in [0.29, 0.717) is 30.0 Å². The van der Waals surface area contributed by atoms with Gasteiger partial charge in [0.2, 0.25) is 0 Å². The Balaban J connectivity index is 1.50. The van der Waals surface area contributed by atoms with E-state index in [1.807, 2.05) is 6.07 Å². The van der Waals surface area contributed by atoms with Crippen molar-refractivity contribution < 1.29 is 9.90 Å². The van der Waals surface area contributed by atoms with Crippen molar-refractivity contribution in [3.05, 3.63) is 53.6 Å². The van der Waals surface area contributed by atoms with E-state index < -0.39 is 5.60 Å². The second-order valence-electron chi connectivity index (χ2n) is 11.2. The average Bonchev–Trinajstić information content (AvgIpc) is 2.98. The van der Waals surface area contributed by atoms with Crippen LogP contribution in [0.15, 0.2) is 58.5 Å². The molecule has 3 fully saturated rings. The van der Waals surface area contributed by atoms with Gasteiger partial charge in [-0.25, -0.2) is 0 Å². The number of aliphatic hydroxyl groups is 1. The molecule has 1 aromatic carbocycles. The van der Waals surface area contributed by atoms with Gasteiger partial charge >= 0.3 is 0 Å². The summed E-state index contributed by atoms with van der Waals surface area (Å²) in [6, 6.07) is 10.4. The van der Waals surface area contributed by atoms with Crippen LogP contribution in [0.2, 0.25) is 0 Å². The number of ketones is 1. The predicted octanol–water partition coefficient (Wildman–Crippen LogP) is 6.60. The molecule has 4 aliphatic rings. The average molecular weight is 437 g/mol. The highest BCUT2D eigenvalue weighted by Crippen LogP contribution is 2.68. The first-order valence-electron chi connectivity index (χ1n) is 12.0. The minimum absolute atomic E-state index is 0.0164. The van der Waals surface area contributed by atoms with Crippen molar-refractivity contribution in [2.24, 2.45) is 28.6 Å². The van der Waals surface area contributed by atoms with Crippen LogP contribution in [0.4, 0.5) is 0 Å². The summed E-state index contributed by atoms with van der Waals surface area (Å²) >= 11 is 1.78. The van der Waals surface area contributed by atoms with Crippen LogP contribution in [0.25, 0.3) is 0 Å². The van der Waals surface area contributed by atoms with Gasteiger partial charge in [0.1, 0.15) is 0 Å². The van der Waals surface area contributed by atoms with E-state index in [0.717, 1.165) is 49.9 Å². The third kappa shape index (κ3) is 3.14. The van der Waals surface area contributed by atoms with Gasteiger partial charge in [-0.15, -0.1) is 11.8 Å². The van der Waals surface area contributed by atoms with Gasteiger partial charge in [-0.05, 0) is 91.7 Å². The van der Waals surface area contributed by atoms with Crippen molar-refractivity contribution in [2.75, 3.05) is 5.75 Å². The summed E-state index contributed by atoms with van der Waals surface area (Å²) in [5, 5.41) is 11.2. The first-order chi connectivity index (χ1) is 14.7. The number of thioether (sulfide) groups is 1. The van der Waals surface area contributed by atoms with Crippen LogP contribution >= 0.6 is 11.8 Å². The fourth-order valence-corrected chi connectivity index (χ4v) is 8.91. The topological polar surface area (TPSA) is 37.3 Å². The summed E-state index contributed by atoms with van der Waals surface area (Å²) in [6.07, 6.45) is 6.93. The van der Waals surface area contributed by atoms with Gasteiger partial charge < -0.3 is 5.11 Å². The number of Topliss-reactive ketones (excluding diaryl/α,β-unsaturated/α-hetero) is 1. The Labute approximate surface area is 191 Å². The molecule has 0 aliphatic heterocycles. The van der Waals surface area contributed by atoms with E-state index in [1.54, 1.807) is 11.8 Å². The van der Waals surface area contributed by atoms with Crippen LogP contribution < -0.4 is 0 Å². The summed E-state index contributed by atoms with van der Waals surface area (Å²) in [4.78, 5) is 14.3. The number of benzene rings is 1. The van der Waals surface area contributed by atoms with Crippen molar-refractivity contribution in [1.82, 2.24) is 0 Å². The van der Waals surface area contributed by atoms with E-state index >= 15 is 0 Å². The number of rotatable bonds is 3. The molecule has 4 aliphatic carbocycles. The molecule has 0 unspecified atom stereocenters. The molecular weight excluding hydrogens is 400 g/mol. The molecule has 1 aromatic rings. The largest absolute Gasteiger partial charge is 0.390 e. The van der Waals surface area contributed by atoms with Crippen LogP contribution in [0, 0.1) is 28.6 Å². The normalized spacial score (nSPS) is 42.3. The Morgan fingerprint density at radius 3 is 2.52 bits per heavy atom. The van der Waals surface area contributed by atoms with Gasteiger partial charge in [-0.2, -0.15) is 0 Å². The molecule has 6 atom stereocenters. The van der Waals surface area contributed by atoms with Crippen LogP contribution in [-0.2, 0) is 4.79 Å². The monoisotopic (exact) mass is 436 g/mol. The molecule has 0 heterocycles. The maximum Gasteiger partial charge on any atom is 0.160 e. The fraction of sp³-hybridized carbons (Fsp3) is 0.607.